The van der Waals surface area contributed by atoms with Gasteiger partial charge in [0.05, 0.1) is 11.1 Å². The topological polar surface area (TPSA) is 72.3 Å². The maximum atomic E-state index is 13.4. The minimum Gasteiger partial charge on any atom is -0.378 e. The van der Waals surface area contributed by atoms with Crippen molar-refractivity contribution in [3.05, 3.63) is 102 Å². The number of hydrogen-bond donors (Lipinski definition) is 0. The van der Waals surface area contributed by atoms with Crippen LogP contribution in [0, 0.1) is 5.82 Å². The molecular formula is C24H20FN3O3S. The molecule has 0 radical (unpaired) electrons. The third-order valence-corrected chi connectivity index (χ3v) is 6.62. The van der Waals surface area contributed by atoms with E-state index in [0.717, 1.165) is 9.66 Å². The number of hydrogen-bond acceptors (Lipinski definition) is 5. The van der Waals surface area contributed by atoms with E-state index in [1.54, 1.807) is 30.3 Å². The second-order valence-electron chi connectivity index (χ2n) is 7.34. The molecule has 3 aromatic carbocycles. The highest BCUT2D eigenvalue weighted by atomic mass is 32.2. The van der Waals surface area contributed by atoms with Crippen molar-refractivity contribution in [3.8, 4) is 11.4 Å². The summed E-state index contributed by atoms with van der Waals surface area (Å²) in [5.41, 5.74) is 1.62. The van der Waals surface area contributed by atoms with E-state index in [0.29, 0.717) is 5.56 Å². The minimum absolute atomic E-state index is 0.0530. The third kappa shape index (κ3) is 4.04. The molecule has 4 rings (SSSR count). The van der Waals surface area contributed by atoms with E-state index in [1.807, 2.05) is 31.1 Å². The number of aromatic nitrogens is 2. The van der Waals surface area contributed by atoms with Crippen LogP contribution < -0.4 is 4.90 Å². The van der Waals surface area contributed by atoms with E-state index in [-0.39, 0.29) is 22.0 Å². The highest BCUT2D eigenvalue weighted by Gasteiger charge is 2.25. The molecule has 0 saturated heterocycles. The summed E-state index contributed by atoms with van der Waals surface area (Å²) in [5.74, 6) is -0.858. The van der Waals surface area contributed by atoms with Crippen molar-refractivity contribution in [1.82, 2.24) is 8.96 Å². The van der Waals surface area contributed by atoms with Crippen LogP contribution in [0.3, 0.4) is 0 Å². The van der Waals surface area contributed by atoms with E-state index in [4.69, 9.17) is 0 Å². The number of nitrogens with zero attached hydrogens (tertiary/aromatic N) is 3. The fourth-order valence-electron chi connectivity index (χ4n) is 3.21. The van der Waals surface area contributed by atoms with Gasteiger partial charge in [-0.15, -0.1) is 0 Å². The molecular weight excluding hydrogens is 429 g/mol. The molecule has 32 heavy (non-hydrogen) atoms. The summed E-state index contributed by atoms with van der Waals surface area (Å²) >= 11 is 0. The van der Waals surface area contributed by atoms with Crippen LogP contribution in [0.2, 0.25) is 0 Å². The van der Waals surface area contributed by atoms with Gasteiger partial charge in [-0.1, -0.05) is 18.2 Å². The Morgan fingerprint density at radius 2 is 1.53 bits per heavy atom. The Bertz CT molecular complexity index is 1360. The Morgan fingerprint density at radius 1 is 0.906 bits per heavy atom. The molecule has 0 bridgehead atoms. The van der Waals surface area contributed by atoms with Crippen LogP contribution >= 0.6 is 0 Å². The van der Waals surface area contributed by atoms with Gasteiger partial charge in [-0.2, -0.15) is 0 Å². The first-order chi connectivity index (χ1) is 15.3. The summed E-state index contributed by atoms with van der Waals surface area (Å²) in [6.45, 7) is 0. The van der Waals surface area contributed by atoms with Gasteiger partial charge in [-0.3, -0.25) is 4.79 Å². The molecule has 4 aromatic rings. The highest BCUT2D eigenvalue weighted by molar-refractivity contribution is 7.90. The fourth-order valence-corrected chi connectivity index (χ4v) is 4.55. The first-order valence-corrected chi connectivity index (χ1v) is 11.2. The number of carbonyl (C=O) groups is 1. The monoisotopic (exact) mass is 449 g/mol. The first kappa shape index (κ1) is 21.5. The average molecular weight is 450 g/mol. The molecule has 1 heterocycles. The number of anilines is 1. The molecule has 0 fully saturated rings. The van der Waals surface area contributed by atoms with Crippen molar-refractivity contribution in [1.29, 1.82) is 0 Å². The average Bonchev–Trinajstić information content (AvgIpc) is 3.26. The predicted molar refractivity (Wildman–Crippen MR) is 121 cm³/mol. The lowest BCUT2D eigenvalue weighted by Gasteiger charge is -2.13. The second-order valence-corrected chi connectivity index (χ2v) is 9.16. The molecule has 0 N–H and O–H groups in total. The van der Waals surface area contributed by atoms with Crippen molar-refractivity contribution in [2.24, 2.45) is 0 Å². The van der Waals surface area contributed by atoms with E-state index in [9.17, 15) is 17.6 Å². The molecule has 0 amide bonds. The molecule has 0 spiro atoms. The molecule has 162 valence electrons. The van der Waals surface area contributed by atoms with Gasteiger partial charge < -0.3 is 4.90 Å². The number of imidazole rings is 1. The van der Waals surface area contributed by atoms with Gasteiger partial charge in [0.25, 0.3) is 10.0 Å². The van der Waals surface area contributed by atoms with Crippen molar-refractivity contribution in [2.75, 3.05) is 19.0 Å². The molecule has 6 nitrogen and oxygen atoms in total. The lowest BCUT2D eigenvalue weighted by molar-refractivity contribution is 0.103. The van der Waals surface area contributed by atoms with Gasteiger partial charge in [0, 0.05) is 30.9 Å². The molecule has 1 aromatic heterocycles. The Morgan fingerprint density at radius 3 is 2.12 bits per heavy atom. The Kier molecular flexibility index (Phi) is 5.63. The van der Waals surface area contributed by atoms with Gasteiger partial charge >= 0.3 is 0 Å². The van der Waals surface area contributed by atoms with Crippen molar-refractivity contribution >= 4 is 21.5 Å². The minimum atomic E-state index is -4.01. The summed E-state index contributed by atoms with van der Waals surface area (Å²) < 4.78 is 41.0. The van der Waals surface area contributed by atoms with Crippen molar-refractivity contribution < 1.29 is 17.6 Å². The van der Waals surface area contributed by atoms with E-state index < -0.39 is 21.6 Å². The molecule has 0 aliphatic rings. The van der Waals surface area contributed by atoms with Gasteiger partial charge in [0.1, 0.15) is 11.5 Å². The van der Waals surface area contributed by atoms with Crippen LogP contribution in [0.1, 0.15) is 16.1 Å². The largest absolute Gasteiger partial charge is 0.378 e. The molecule has 0 aliphatic carbocycles. The van der Waals surface area contributed by atoms with Gasteiger partial charge in [0.2, 0.25) is 5.78 Å². The van der Waals surface area contributed by atoms with Gasteiger partial charge in [-0.05, 0) is 60.7 Å². The SMILES string of the molecule is CN(C)c1ccc(-c2nc(C(=O)c3ccc(F)cc3)cn2S(=O)(=O)c2ccccc2)cc1. The van der Waals surface area contributed by atoms with Crippen LogP contribution in [0.25, 0.3) is 11.4 Å². The molecule has 0 unspecified atom stereocenters. The van der Waals surface area contributed by atoms with Crippen LogP contribution in [0.4, 0.5) is 10.1 Å². The van der Waals surface area contributed by atoms with E-state index in [1.165, 1.54) is 42.6 Å². The number of rotatable bonds is 6. The third-order valence-electron chi connectivity index (χ3n) is 4.96. The summed E-state index contributed by atoms with van der Waals surface area (Å²) in [5, 5.41) is 0. The molecule has 8 heteroatoms. The lowest BCUT2D eigenvalue weighted by Crippen LogP contribution is -2.13. The quantitative estimate of drug-likeness (QED) is 0.412. The second kappa shape index (κ2) is 8.39. The van der Waals surface area contributed by atoms with Crippen molar-refractivity contribution in [2.45, 2.75) is 4.90 Å². The molecule has 0 aliphatic heterocycles. The van der Waals surface area contributed by atoms with E-state index in [2.05, 4.69) is 4.98 Å². The lowest BCUT2D eigenvalue weighted by atomic mass is 10.1. The zero-order valence-corrected chi connectivity index (χ0v) is 18.3. The van der Waals surface area contributed by atoms with Crippen LogP contribution in [-0.2, 0) is 10.0 Å². The fraction of sp³-hybridized carbons (Fsp3) is 0.0833. The Labute approximate surface area is 185 Å². The predicted octanol–water partition coefficient (Wildman–Crippen LogP) is 4.22. The first-order valence-electron chi connectivity index (χ1n) is 9.75. The van der Waals surface area contributed by atoms with E-state index >= 15 is 0 Å². The van der Waals surface area contributed by atoms with Crippen molar-refractivity contribution in [3.63, 3.8) is 0 Å². The standard InChI is InChI=1S/C24H20FN3O3S/c1-27(2)20-14-10-18(11-15-20)24-26-22(23(29)17-8-12-19(25)13-9-17)16-28(24)32(30,31)21-6-4-3-5-7-21/h3-16H,1-2H3. The summed E-state index contributed by atoms with van der Waals surface area (Å²) in [6.07, 6.45) is 1.21. The maximum absolute atomic E-state index is 13.4. The molecule has 0 saturated carbocycles. The van der Waals surface area contributed by atoms with Crippen LogP contribution in [0.15, 0.2) is 90.0 Å². The van der Waals surface area contributed by atoms with Crippen LogP contribution in [0.5, 0.6) is 0 Å². The highest BCUT2D eigenvalue weighted by Crippen LogP contribution is 2.27. The number of benzene rings is 3. The van der Waals surface area contributed by atoms with Crippen LogP contribution in [-0.4, -0.2) is 37.3 Å². The summed E-state index contributed by atoms with van der Waals surface area (Å²) in [6, 6.07) is 20.1. The maximum Gasteiger partial charge on any atom is 0.269 e. The summed E-state index contributed by atoms with van der Waals surface area (Å²) in [7, 11) is -0.218. The van der Waals surface area contributed by atoms with Gasteiger partial charge in [-0.25, -0.2) is 21.8 Å². The Hall–Kier alpha value is -3.78. The smallest absolute Gasteiger partial charge is 0.269 e. The van der Waals surface area contributed by atoms with Gasteiger partial charge in [0.15, 0.2) is 5.82 Å². The zero-order valence-electron chi connectivity index (χ0n) is 17.4. The number of ketones is 1. The normalized spacial score (nSPS) is 11.3. The summed E-state index contributed by atoms with van der Waals surface area (Å²) in [4.78, 5) is 19.3. The number of halogens is 1. The Balaban J connectivity index is 1.87. The zero-order chi connectivity index (χ0) is 22.9. The molecule has 0 atom stereocenters. The number of carbonyl (C=O) groups excluding carboxylic acids is 1.